The van der Waals surface area contributed by atoms with E-state index in [0.717, 1.165) is 0 Å². The third-order valence-electron chi connectivity index (χ3n) is 2.84. The molecule has 0 aliphatic rings. The molecule has 1 heterocycles. The Balaban J connectivity index is 2.06. The van der Waals surface area contributed by atoms with Crippen molar-refractivity contribution in [3.8, 4) is 0 Å². The van der Waals surface area contributed by atoms with Gasteiger partial charge in [-0.25, -0.2) is 4.79 Å². The predicted octanol–water partition coefficient (Wildman–Crippen LogP) is 3.67. The molecule has 23 heavy (non-hydrogen) atoms. The van der Waals surface area contributed by atoms with E-state index in [1.54, 1.807) is 13.0 Å². The Labute approximate surface area is 130 Å². The minimum absolute atomic E-state index is 0.00164. The maximum Gasteiger partial charge on any atom is 0.418 e. The van der Waals surface area contributed by atoms with Crippen LogP contribution in [0.15, 0.2) is 40.9 Å². The van der Waals surface area contributed by atoms with Crippen molar-refractivity contribution in [1.29, 1.82) is 0 Å². The largest absolute Gasteiger partial charge is 0.461 e. The standard InChI is InChI=1S/C15H14F3NO4/c1-2-21-14(20)12-8-11(23-19-12)9-22-13(15(16,17)18)10-6-4-3-5-7-10/h3-8,13H,2,9H2,1H3. The molecular formula is C15H14F3NO4. The number of benzene rings is 1. The van der Waals surface area contributed by atoms with Gasteiger partial charge >= 0.3 is 12.1 Å². The first-order chi connectivity index (χ1) is 10.9. The molecule has 0 fully saturated rings. The van der Waals surface area contributed by atoms with Crippen molar-refractivity contribution in [3.05, 3.63) is 53.4 Å². The van der Waals surface area contributed by atoms with E-state index in [-0.39, 0.29) is 23.6 Å². The smallest absolute Gasteiger partial charge is 0.418 e. The molecule has 0 amide bonds. The lowest BCUT2D eigenvalue weighted by molar-refractivity contribution is -0.228. The number of rotatable bonds is 6. The van der Waals surface area contributed by atoms with Crippen LogP contribution in [0.1, 0.15) is 34.8 Å². The van der Waals surface area contributed by atoms with Crippen LogP contribution in [0.3, 0.4) is 0 Å². The van der Waals surface area contributed by atoms with Gasteiger partial charge in [-0.3, -0.25) is 0 Å². The molecule has 0 bridgehead atoms. The van der Waals surface area contributed by atoms with Crippen molar-refractivity contribution < 1.29 is 32.0 Å². The van der Waals surface area contributed by atoms with Crippen LogP contribution in [0.2, 0.25) is 0 Å². The fraction of sp³-hybridized carbons (Fsp3) is 0.333. The highest BCUT2D eigenvalue weighted by atomic mass is 19.4. The molecule has 0 aliphatic carbocycles. The first-order valence-corrected chi connectivity index (χ1v) is 6.77. The zero-order valence-corrected chi connectivity index (χ0v) is 12.2. The lowest BCUT2D eigenvalue weighted by Crippen LogP contribution is -2.23. The van der Waals surface area contributed by atoms with Gasteiger partial charge in [0.25, 0.3) is 0 Å². The summed E-state index contributed by atoms with van der Waals surface area (Å²) in [5, 5.41) is 3.44. The lowest BCUT2D eigenvalue weighted by Gasteiger charge is -2.20. The Bertz CT molecular complexity index is 640. The summed E-state index contributed by atoms with van der Waals surface area (Å²) >= 11 is 0. The van der Waals surface area contributed by atoms with Crippen molar-refractivity contribution in [1.82, 2.24) is 5.16 Å². The van der Waals surface area contributed by atoms with Gasteiger partial charge in [-0.15, -0.1) is 0 Å². The van der Waals surface area contributed by atoms with E-state index in [1.807, 2.05) is 0 Å². The molecule has 8 heteroatoms. The van der Waals surface area contributed by atoms with Crippen LogP contribution in [0, 0.1) is 0 Å². The number of hydrogen-bond acceptors (Lipinski definition) is 5. The van der Waals surface area contributed by atoms with Crippen LogP contribution in [-0.4, -0.2) is 23.9 Å². The number of aromatic nitrogens is 1. The number of carbonyl (C=O) groups excluding carboxylic acids is 1. The summed E-state index contributed by atoms with van der Waals surface area (Å²) in [5.74, 6) is -0.712. The molecule has 0 spiro atoms. The predicted molar refractivity (Wildman–Crippen MR) is 72.5 cm³/mol. The maximum atomic E-state index is 13.1. The van der Waals surface area contributed by atoms with E-state index in [1.165, 1.54) is 30.3 Å². The molecule has 1 unspecified atom stereocenters. The summed E-state index contributed by atoms with van der Waals surface area (Å²) in [6.07, 6.45) is -6.68. The highest BCUT2D eigenvalue weighted by Gasteiger charge is 2.42. The van der Waals surface area contributed by atoms with Gasteiger partial charge in [-0.1, -0.05) is 35.5 Å². The van der Waals surface area contributed by atoms with E-state index < -0.39 is 24.9 Å². The molecule has 0 aliphatic heterocycles. The zero-order chi connectivity index (χ0) is 16.9. The van der Waals surface area contributed by atoms with Crippen LogP contribution in [0.25, 0.3) is 0 Å². The van der Waals surface area contributed by atoms with Crippen molar-refractivity contribution >= 4 is 5.97 Å². The molecule has 0 saturated heterocycles. The SMILES string of the molecule is CCOC(=O)c1cc(COC(c2ccccc2)C(F)(F)F)on1. The molecule has 1 aromatic carbocycles. The maximum absolute atomic E-state index is 13.1. The van der Waals surface area contributed by atoms with Gasteiger partial charge in [-0.05, 0) is 12.5 Å². The highest BCUT2D eigenvalue weighted by molar-refractivity contribution is 5.87. The average molecular weight is 329 g/mol. The van der Waals surface area contributed by atoms with Gasteiger partial charge in [-0.2, -0.15) is 13.2 Å². The number of hydrogen-bond donors (Lipinski definition) is 0. The van der Waals surface area contributed by atoms with Crippen LogP contribution in [-0.2, 0) is 16.1 Å². The van der Waals surface area contributed by atoms with Gasteiger partial charge in [0.1, 0.15) is 6.61 Å². The van der Waals surface area contributed by atoms with Crippen LogP contribution < -0.4 is 0 Å². The monoisotopic (exact) mass is 329 g/mol. The molecule has 0 saturated carbocycles. The van der Waals surface area contributed by atoms with E-state index in [4.69, 9.17) is 14.0 Å². The van der Waals surface area contributed by atoms with Crippen molar-refractivity contribution in [2.24, 2.45) is 0 Å². The quantitative estimate of drug-likeness (QED) is 0.757. The third kappa shape index (κ3) is 4.56. The minimum atomic E-state index is -4.58. The number of ether oxygens (including phenoxy) is 2. The zero-order valence-electron chi connectivity index (χ0n) is 12.2. The summed E-state index contributed by atoms with van der Waals surface area (Å²) in [6, 6.07) is 8.43. The second-order valence-corrected chi connectivity index (χ2v) is 4.54. The van der Waals surface area contributed by atoms with Crippen molar-refractivity contribution in [2.45, 2.75) is 25.8 Å². The van der Waals surface area contributed by atoms with Crippen LogP contribution >= 0.6 is 0 Å². The summed E-state index contributed by atoms with van der Waals surface area (Å²) < 4.78 is 53.7. The Hall–Kier alpha value is -2.35. The summed E-state index contributed by atoms with van der Waals surface area (Å²) in [5.41, 5.74) is -0.140. The molecule has 0 radical (unpaired) electrons. The van der Waals surface area contributed by atoms with E-state index in [9.17, 15) is 18.0 Å². The normalized spacial score (nSPS) is 12.9. The minimum Gasteiger partial charge on any atom is -0.461 e. The second kappa shape index (κ2) is 7.28. The Kier molecular flexibility index (Phi) is 5.38. The summed E-state index contributed by atoms with van der Waals surface area (Å²) in [4.78, 5) is 11.4. The van der Waals surface area contributed by atoms with E-state index in [0.29, 0.717) is 0 Å². The lowest BCUT2D eigenvalue weighted by atomic mass is 10.1. The number of alkyl halides is 3. The third-order valence-corrected chi connectivity index (χ3v) is 2.84. The van der Waals surface area contributed by atoms with Crippen molar-refractivity contribution in [2.75, 3.05) is 6.61 Å². The van der Waals surface area contributed by atoms with Gasteiger partial charge < -0.3 is 14.0 Å². The topological polar surface area (TPSA) is 61.6 Å². The fourth-order valence-corrected chi connectivity index (χ4v) is 1.86. The Morgan fingerprint density at radius 2 is 2.00 bits per heavy atom. The van der Waals surface area contributed by atoms with Gasteiger partial charge in [0.15, 0.2) is 17.6 Å². The first kappa shape index (κ1) is 17.0. The molecule has 124 valence electrons. The van der Waals surface area contributed by atoms with Crippen LogP contribution in [0.4, 0.5) is 13.2 Å². The first-order valence-electron chi connectivity index (χ1n) is 6.77. The molecule has 1 aromatic heterocycles. The molecular weight excluding hydrogens is 315 g/mol. The highest BCUT2D eigenvalue weighted by Crippen LogP contribution is 2.36. The summed E-state index contributed by atoms with van der Waals surface area (Å²) in [6.45, 7) is 1.29. The Morgan fingerprint density at radius 1 is 1.30 bits per heavy atom. The number of nitrogens with zero attached hydrogens (tertiary/aromatic N) is 1. The number of halogens is 3. The summed E-state index contributed by atoms with van der Waals surface area (Å²) in [7, 11) is 0. The van der Waals surface area contributed by atoms with Gasteiger partial charge in [0.05, 0.1) is 6.61 Å². The number of carbonyl (C=O) groups is 1. The molecule has 5 nitrogen and oxygen atoms in total. The molecule has 2 aromatic rings. The van der Waals surface area contributed by atoms with E-state index >= 15 is 0 Å². The second-order valence-electron chi connectivity index (χ2n) is 4.54. The van der Waals surface area contributed by atoms with Gasteiger partial charge in [0.2, 0.25) is 0 Å². The van der Waals surface area contributed by atoms with Crippen LogP contribution in [0.5, 0.6) is 0 Å². The molecule has 1 atom stereocenters. The van der Waals surface area contributed by atoms with Gasteiger partial charge in [0, 0.05) is 6.07 Å². The molecule has 2 rings (SSSR count). The molecule has 0 N–H and O–H groups in total. The van der Waals surface area contributed by atoms with Crippen molar-refractivity contribution in [3.63, 3.8) is 0 Å². The Morgan fingerprint density at radius 3 is 2.61 bits per heavy atom. The fourth-order valence-electron chi connectivity index (χ4n) is 1.86. The number of esters is 1. The average Bonchev–Trinajstić information content (AvgIpc) is 2.96. The van der Waals surface area contributed by atoms with E-state index in [2.05, 4.69) is 5.16 Å².